The van der Waals surface area contributed by atoms with Crippen molar-refractivity contribution in [3.63, 3.8) is 0 Å². The minimum atomic E-state index is -0.549. The van der Waals surface area contributed by atoms with Crippen molar-refractivity contribution in [1.29, 1.82) is 0 Å². The number of terminal acetylenes is 1. The number of aldehydes is 1. The highest BCUT2D eigenvalue weighted by molar-refractivity contribution is 7.98. The van der Waals surface area contributed by atoms with Crippen molar-refractivity contribution in [2.75, 3.05) is 38.8 Å². The van der Waals surface area contributed by atoms with Gasteiger partial charge in [-0.25, -0.2) is 4.79 Å². The highest BCUT2D eigenvalue weighted by atomic mass is 32.2. The van der Waals surface area contributed by atoms with Crippen molar-refractivity contribution >= 4 is 29.9 Å². The summed E-state index contributed by atoms with van der Waals surface area (Å²) in [4.78, 5) is 36.4. The van der Waals surface area contributed by atoms with Gasteiger partial charge in [-0.3, -0.25) is 4.79 Å². The van der Waals surface area contributed by atoms with E-state index in [1.54, 1.807) is 20.0 Å². The molecule has 8 heteroatoms. The molecule has 1 heterocycles. The van der Waals surface area contributed by atoms with Gasteiger partial charge in [-0.05, 0) is 50.2 Å². The van der Waals surface area contributed by atoms with E-state index in [1.807, 2.05) is 65.1 Å². The number of carbonyl (C=O) groups is 3. The molecule has 2 unspecified atom stereocenters. The lowest BCUT2D eigenvalue weighted by Gasteiger charge is -2.32. The number of hydrogen-bond donors (Lipinski definition) is 2. The normalized spacial score (nSPS) is 15.1. The molecule has 1 rings (SSSR count). The van der Waals surface area contributed by atoms with E-state index in [0.717, 1.165) is 19.1 Å². The van der Waals surface area contributed by atoms with Gasteiger partial charge >= 0.3 is 5.97 Å². The number of esters is 1. The van der Waals surface area contributed by atoms with Crippen LogP contribution < -0.4 is 10.6 Å². The van der Waals surface area contributed by atoms with Crippen LogP contribution in [0.4, 0.5) is 0 Å². The van der Waals surface area contributed by atoms with Crippen molar-refractivity contribution in [1.82, 2.24) is 15.5 Å². The second-order valence-electron chi connectivity index (χ2n) is 10.2. The van der Waals surface area contributed by atoms with Crippen LogP contribution >= 0.6 is 11.8 Å². The Morgan fingerprint density at radius 1 is 1.20 bits per heavy atom. The Kier molecular flexibility index (Phi) is 31.7. The van der Waals surface area contributed by atoms with Gasteiger partial charge in [-0.2, -0.15) is 11.8 Å². The smallest absolute Gasteiger partial charge is 0.329 e. The van der Waals surface area contributed by atoms with E-state index < -0.39 is 6.04 Å². The Labute approximate surface area is 251 Å². The molecule has 2 N–H and O–H groups in total. The van der Waals surface area contributed by atoms with Crippen LogP contribution in [0.5, 0.6) is 0 Å². The number of thioether (sulfide) groups is 1. The molecule has 1 aliphatic heterocycles. The van der Waals surface area contributed by atoms with E-state index in [9.17, 15) is 14.4 Å². The van der Waals surface area contributed by atoms with Gasteiger partial charge in [-0.15, -0.1) is 19.4 Å². The summed E-state index contributed by atoms with van der Waals surface area (Å²) in [5.74, 6) is 1.11. The highest BCUT2D eigenvalue weighted by Gasteiger charge is 2.35. The van der Waals surface area contributed by atoms with Crippen LogP contribution in [-0.4, -0.2) is 73.9 Å². The lowest BCUT2D eigenvalue weighted by molar-refractivity contribution is -0.147. The molecule has 1 fully saturated rings. The van der Waals surface area contributed by atoms with E-state index in [2.05, 4.69) is 49.8 Å². The first-order valence-corrected chi connectivity index (χ1v) is 15.7. The van der Waals surface area contributed by atoms with E-state index in [-0.39, 0.29) is 35.2 Å². The van der Waals surface area contributed by atoms with E-state index in [4.69, 9.17) is 4.74 Å². The molecule has 0 saturated carbocycles. The maximum Gasteiger partial charge on any atom is 0.329 e. The number of carbonyl (C=O) groups excluding carboxylic acids is 3. The largest absolute Gasteiger partial charge is 0.464 e. The summed E-state index contributed by atoms with van der Waals surface area (Å²) in [5.41, 5.74) is 0.870. The number of amides is 1. The summed E-state index contributed by atoms with van der Waals surface area (Å²) in [7, 11) is 1.75. The van der Waals surface area contributed by atoms with Crippen molar-refractivity contribution in [2.24, 2.45) is 17.3 Å². The lowest BCUT2D eigenvalue weighted by atomic mass is 9.88. The number of rotatable bonds is 12. The van der Waals surface area contributed by atoms with E-state index in [1.165, 1.54) is 5.75 Å². The second kappa shape index (κ2) is 28.3. The summed E-state index contributed by atoms with van der Waals surface area (Å²) in [6, 6.07) is -0.651. The molecule has 0 aromatic rings. The molecule has 3 atom stereocenters. The van der Waals surface area contributed by atoms with Gasteiger partial charge in [-0.1, -0.05) is 68.0 Å². The average Bonchev–Trinajstić information content (AvgIpc) is 3.41. The number of ether oxygens (including phenoxy) is 1. The maximum atomic E-state index is 12.5. The number of hydrogen-bond acceptors (Lipinski definition) is 7. The fourth-order valence-electron chi connectivity index (χ4n) is 3.56. The molecule has 1 aliphatic rings. The molecular weight excluding hydrogens is 522 g/mol. The van der Waals surface area contributed by atoms with Crippen LogP contribution in [-0.2, 0) is 19.1 Å². The summed E-state index contributed by atoms with van der Waals surface area (Å²) >= 11 is 1.86. The van der Waals surface area contributed by atoms with Gasteiger partial charge < -0.3 is 25.1 Å². The van der Waals surface area contributed by atoms with E-state index >= 15 is 0 Å². The molecule has 0 aromatic heterocycles. The number of likely N-dealkylation sites (N-methyl/N-ethyl adjacent to an activating group) is 1. The maximum absolute atomic E-state index is 12.5. The number of likely N-dealkylation sites (tertiary alicyclic amines) is 1. The monoisotopic (exact) mass is 583 g/mol. The quantitative estimate of drug-likeness (QED) is 0.127. The third-order valence-electron chi connectivity index (χ3n) is 5.60. The van der Waals surface area contributed by atoms with Crippen LogP contribution in [0.1, 0.15) is 81.6 Å². The van der Waals surface area contributed by atoms with Gasteiger partial charge in [0.05, 0.1) is 19.2 Å². The van der Waals surface area contributed by atoms with E-state index in [0.29, 0.717) is 31.8 Å². The standard InChI is InChI=1S/C19H33N3O3.C6H12O.C3H8S.C2H6.C2H2/c1-7-15(13(3)4)18(19(24)25-8-2)21-14(5)16-10-9-11-22(16)17(23)12-20-6;1-6(2,3)4-5-7;1-3-4-2;2*1-2/h7,13,15-16,18,20-21H,1,5,8-12H2,2-4,6H3;5H,4H2,1-3H3;3H2,1-2H3;1-2H3;1-2H/t15?,16-,18?;;;;/m0..../s1. The zero-order valence-corrected chi connectivity index (χ0v) is 28.3. The predicted molar refractivity (Wildman–Crippen MR) is 175 cm³/mol. The molecule has 0 spiro atoms. The SMILES string of the molecule is C#C.C=CC(C(C)C)C(NC(=C)[C@@H]1CCCN1C(=O)CNC)C(=O)OCC.CC.CC(C)(C)CC=O.CCSC. The number of nitrogens with one attached hydrogen (secondary N) is 2. The predicted octanol–water partition coefficient (Wildman–Crippen LogP) is 5.96. The summed E-state index contributed by atoms with van der Waals surface area (Å²) in [5, 5.41) is 6.14. The third kappa shape index (κ3) is 21.6. The van der Waals surface area contributed by atoms with Gasteiger partial charge in [0.25, 0.3) is 0 Å². The Morgan fingerprint density at radius 3 is 2.05 bits per heavy atom. The number of nitrogens with zero attached hydrogens (tertiary/aromatic N) is 1. The van der Waals surface area contributed by atoms with Gasteiger partial charge in [0.2, 0.25) is 5.91 Å². The molecule has 0 bridgehead atoms. The molecule has 0 aliphatic carbocycles. The first-order chi connectivity index (χ1) is 18.8. The molecule has 0 aromatic carbocycles. The van der Waals surface area contributed by atoms with Crippen LogP contribution in [0.2, 0.25) is 0 Å². The minimum Gasteiger partial charge on any atom is -0.464 e. The van der Waals surface area contributed by atoms with Crippen LogP contribution in [0.15, 0.2) is 24.9 Å². The van der Waals surface area contributed by atoms with Crippen LogP contribution in [0.25, 0.3) is 0 Å². The molecule has 234 valence electrons. The lowest BCUT2D eigenvalue weighted by Crippen LogP contribution is -2.49. The molecule has 7 nitrogen and oxygen atoms in total. The molecule has 1 amide bonds. The van der Waals surface area contributed by atoms with Crippen molar-refractivity contribution in [2.45, 2.75) is 93.7 Å². The Morgan fingerprint density at radius 2 is 1.73 bits per heavy atom. The molecule has 40 heavy (non-hydrogen) atoms. The molecule has 1 saturated heterocycles. The fraction of sp³-hybridized carbons (Fsp3) is 0.719. The van der Waals surface area contributed by atoms with Crippen LogP contribution in [0, 0.1) is 30.1 Å². The van der Waals surface area contributed by atoms with Crippen LogP contribution in [0.3, 0.4) is 0 Å². The zero-order chi connectivity index (χ0) is 32.3. The minimum absolute atomic E-state index is 0.0461. The highest BCUT2D eigenvalue weighted by Crippen LogP contribution is 2.25. The Bertz CT molecular complexity index is 700. The van der Waals surface area contributed by atoms with Crippen molar-refractivity contribution < 1.29 is 19.1 Å². The van der Waals surface area contributed by atoms with Gasteiger partial charge in [0.1, 0.15) is 12.3 Å². The fourth-order valence-corrected chi connectivity index (χ4v) is 3.56. The third-order valence-corrected chi connectivity index (χ3v) is 6.17. The molecule has 0 radical (unpaired) electrons. The first kappa shape index (κ1) is 44.8. The first-order valence-electron chi connectivity index (χ1n) is 14.3. The Hall–Kier alpha value is -2.24. The Balaban J connectivity index is -0.000000357. The summed E-state index contributed by atoms with van der Waals surface area (Å²) in [6.45, 7) is 27.5. The van der Waals surface area contributed by atoms with Gasteiger partial charge in [0, 0.05) is 24.6 Å². The summed E-state index contributed by atoms with van der Waals surface area (Å²) < 4.78 is 5.23. The average molecular weight is 584 g/mol. The second-order valence-corrected chi connectivity index (χ2v) is 11.4. The zero-order valence-electron chi connectivity index (χ0n) is 27.5. The van der Waals surface area contributed by atoms with Crippen molar-refractivity contribution in [3.05, 3.63) is 24.9 Å². The summed E-state index contributed by atoms with van der Waals surface area (Å²) in [6.07, 6.45) is 15.3. The van der Waals surface area contributed by atoms with Crippen molar-refractivity contribution in [3.8, 4) is 12.8 Å². The van der Waals surface area contributed by atoms with Gasteiger partial charge in [0.15, 0.2) is 0 Å². The molecular formula is C32H61N3O4S. The topological polar surface area (TPSA) is 87.7 Å².